The number of carbonyl (C=O) groups excluding carboxylic acids is 1. The van der Waals surface area contributed by atoms with Gasteiger partial charge < -0.3 is 9.15 Å². The number of rotatable bonds is 9. The van der Waals surface area contributed by atoms with E-state index in [-0.39, 0.29) is 5.76 Å². The summed E-state index contributed by atoms with van der Waals surface area (Å²) in [6, 6.07) is 27.2. The fourth-order valence-electron chi connectivity index (χ4n) is 3.64. The molecular weight excluding hydrogens is 418 g/mol. The van der Waals surface area contributed by atoms with Crippen LogP contribution >= 0.6 is 11.9 Å². The first-order valence-corrected chi connectivity index (χ1v) is 11.6. The molecule has 0 atom stereocenters. The molecule has 0 aliphatic rings. The highest BCUT2D eigenvalue weighted by Gasteiger charge is 2.19. The number of esters is 1. The van der Waals surface area contributed by atoms with Crippen LogP contribution in [0.4, 0.5) is 0 Å². The molecular formula is C27H27NO3S. The van der Waals surface area contributed by atoms with Crippen LogP contribution in [0.3, 0.4) is 0 Å². The van der Waals surface area contributed by atoms with Crippen molar-refractivity contribution in [3.8, 4) is 0 Å². The van der Waals surface area contributed by atoms with Crippen molar-refractivity contribution < 1.29 is 13.9 Å². The summed E-state index contributed by atoms with van der Waals surface area (Å²) >= 11 is 1.73. The third kappa shape index (κ3) is 5.42. The third-order valence-electron chi connectivity index (χ3n) is 5.30. The van der Waals surface area contributed by atoms with Crippen LogP contribution in [-0.4, -0.2) is 23.4 Å². The van der Waals surface area contributed by atoms with E-state index in [1.54, 1.807) is 18.9 Å². The van der Waals surface area contributed by atoms with Crippen molar-refractivity contribution >= 4 is 28.9 Å². The number of hydrogen-bond acceptors (Lipinski definition) is 5. The Morgan fingerprint density at radius 1 is 0.969 bits per heavy atom. The molecule has 0 radical (unpaired) electrons. The van der Waals surface area contributed by atoms with Crippen molar-refractivity contribution in [3.05, 3.63) is 101 Å². The number of benzene rings is 3. The highest BCUT2D eigenvalue weighted by molar-refractivity contribution is 7.97. The molecule has 1 heterocycles. The zero-order valence-electron chi connectivity index (χ0n) is 18.4. The van der Waals surface area contributed by atoms with Crippen LogP contribution in [-0.2, 0) is 17.7 Å². The predicted octanol–water partition coefficient (Wildman–Crippen LogP) is 6.67. The first kappa shape index (κ1) is 22.2. The van der Waals surface area contributed by atoms with Crippen LogP contribution in [0.1, 0.15) is 34.2 Å². The SMILES string of the molecule is CCOC(=O)c1oc2ccc(SN(CCc3ccccc3)Cc3ccccc3)cc2c1C. The number of carbonyl (C=O) groups is 1. The molecule has 0 saturated heterocycles. The second-order valence-electron chi connectivity index (χ2n) is 7.61. The summed E-state index contributed by atoms with van der Waals surface area (Å²) in [5.74, 6) is -0.127. The van der Waals surface area contributed by atoms with E-state index in [1.165, 1.54) is 11.1 Å². The van der Waals surface area contributed by atoms with E-state index in [1.807, 2.05) is 31.2 Å². The molecule has 4 aromatic rings. The Hall–Kier alpha value is -3.02. The summed E-state index contributed by atoms with van der Waals surface area (Å²) in [6.07, 6.45) is 0.973. The van der Waals surface area contributed by atoms with E-state index in [4.69, 9.17) is 9.15 Å². The zero-order valence-corrected chi connectivity index (χ0v) is 19.2. The lowest BCUT2D eigenvalue weighted by molar-refractivity contribution is 0.0491. The van der Waals surface area contributed by atoms with E-state index < -0.39 is 5.97 Å². The second kappa shape index (κ2) is 10.5. The van der Waals surface area contributed by atoms with E-state index in [2.05, 4.69) is 58.9 Å². The molecule has 0 saturated carbocycles. The highest BCUT2D eigenvalue weighted by atomic mass is 32.2. The lowest BCUT2D eigenvalue weighted by Gasteiger charge is -2.21. The molecule has 1 aromatic heterocycles. The molecule has 0 spiro atoms. The van der Waals surface area contributed by atoms with Crippen LogP contribution in [0, 0.1) is 6.92 Å². The van der Waals surface area contributed by atoms with Crippen molar-refractivity contribution in [1.82, 2.24) is 4.31 Å². The molecule has 0 aliphatic heterocycles. The van der Waals surface area contributed by atoms with Crippen molar-refractivity contribution in [2.45, 2.75) is 31.7 Å². The van der Waals surface area contributed by atoms with Gasteiger partial charge in [0.25, 0.3) is 0 Å². The maximum atomic E-state index is 12.2. The van der Waals surface area contributed by atoms with Crippen molar-refractivity contribution in [2.24, 2.45) is 0 Å². The molecule has 32 heavy (non-hydrogen) atoms. The number of ether oxygens (including phenoxy) is 1. The molecule has 0 N–H and O–H groups in total. The Kier molecular flexibility index (Phi) is 7.30. The van der Waals surface area contributed by atoms with Gasteiger partial charge in [0.15, 0.2) is 0 Å². The van der Waals surface area contributed by atoms with Gasteiger partial charge in [-0.3, -0.25) is 0 Å². The van der Waals surface area contributed by atoms with E-state index in [9.17, 15) is 4.79 Å². The number of aryl methyl sites for hydroxylation is 1. The smallest absolute Gasteiger partial charge is 0.374 e. The molecule has 4 rings (SSSR count). The average Bonchev–Trinajstić information content (AvgIpc) is 3.15. The zero-order chi connectivity index (χ0) is 22.3. The van der Waals surface area contributed by atoms with Crippen LogP contribution in [0.2, 0.25) is 0 Å². The summed E-state index contributed by atoms with van der Waals surface area (Å²) in [4.78, 5) is 13.3. The summed E-state index contributed by atoms with van der Waals surface area (Å²) in [6.45, 7) is 5.78. The van der Waals surface area contributed by atoms with Gasteiger partial charge in [-0.15, -0.1) is 0 Å². The molecule has 5 heteroatoms. The summed E-state index contributed by atoms with van der Waals surface area (Å²) in [5.41, 5.74) is 4.12. The Morgan fingerprint density at radius 2 is 1.66 bits per heavy atom. The van der Waals surface area contributed by atoms with Crippen molar-refractivity contribution in [1.29, 1.82) is 0 Å². The summed E-state index contributed by atoms with van der Waals surface area (Å²) in [5, 5.41) is 0.945. The predicted molar refractivity (Wildman–Crippen MR) is 130 cm³/mol. The highest BCUT2D eigenvalue weighted by Crippen LogP contribution is 2.32. The largest absolute Gasteiger partial charge is 0.460 e. The van der Waals surface area contributed by atoms with Crippen molar-refractivity contribution in [2.75, 3.05) is 13.2 Å². The molecule has 164 valence electrons. The van der Waals surface area contributed by atoms with Gasteiger partial charge in [0, 0.05) is 28.9 Å². The molecule has 0 fully saturated rings. The maximum Gasteiger partial charge on any atom is 0.374 e. The number of hydrogen-bond donors (Lipinski definition) is 0. The monoisotopic (exact) mass is 445 g/mol. The molecule has 0 bridgehead atoms. The normalized spacial score (nSPS) is 11.2. The average molecular weight is 446 g/mol. The first-order valence-electron chi connectivity index (χ1n) is 10.8. The number of nitrogens with zero attached hydrogens (tertiary/aromatic N) is 1. The Bertz CT molecular complexity index is 1170. The van der Waals surface area contributed by atoms with Crippen LogP contribution in [0.25, 0.3) is 11.0 Å². The molecule has 4 nitrogen and oxygen atoms in total. The quantitative estimate of drug-likeness (QED) is 0.213. The number of furan rings is 1. The maximum absolute atomic E-state index is 12.2. The molecule has 0 aliphatic carbocycles. The van der Waals surface area contributed by atoms with Gasteiger partial charge in [-0.25, -0.2) is 9.10 Å². The Morgan fingerprint density at radius 3 is 2.34 bits per heavy atom. The molecule has 0 amide bonds. The fraction of sp³-hybridized carbons (Fsp3) is 0.222. The van der Waals surface area contributed by atoms with E-state index >= 15 is 0 Å². The van der Waals surface area contributed by atoms with Gasteiger partial charge in [-0.05, 0) is 61.5 Å². The first-order chi connectivity index (χ1) is 15.6. The van der Waals surface area contributed by atoms with Gasteiger partial charge in [0.1, 0.15) is 5.58 Å². The lowest BCUT2D eigenvalue weighted by Crippen LogP contribution is -2.18. The Labute approximate surface area is 193 Å². The van der Waals surface area contributed by atoms with Gasteiger partial charge in [0.2, 0.25) is 5.76 Å². The van der Waals surface area contributed by atoms with E-state index in [0.29, 0.717) is 12.2 Å². The topological polar surface area (TPSA) is 42.7 Å². The van der Waals surface area contributed by atoms with E-state index in [0.717, 1.165) is 35.4 Å². The molecule has 0 unspecified atom stereocenters. The minimum atomic E-state index is -0.413. The van der Waals surface area contributed by atoms with Gasteiger partial charge >= 0.3 is 5.97 Å². The van der Waals surface area contributed by atoms with Crippen LogP contribution in [0.15, 0.2) is 88.2 Å². The van der Waals surface area contributed by atoms with Gasteiger partial charge in [0.05, 0.1) is 6.61 Å². The van der Waals surface area contributed by atoms with Crippen molar-refractivity contribution in [3.63, 3.8) is 0 Å². The molecule has 3 aromatic carbocycles. The van der Waals surface area contributed by atoms with Gasteiger partial charge in [-0.1, -0.05) is 60.7 Å². The van der Waals surface area contributed by atoms with Crippen LogP contribution < -0.4 is 0 Å². The summed E-state index contributed by atoms with van der Waals surface area (Å²) < 4.78 is 13.3. The van der Waals surface area contributed by atoms with Gasteiger partial charge in [-0.2, -0.15) is 0 Å². The van der Waals surface area contributed by atoms with Crippen LogP contribution in [0.5, 0.6) is 0 Å². The minimum Gasteiger partial charge on any atom is -0.460 e. The second-order valence-corrected chi connectivity index (χ2v) is 8.78. The Balaban J connectivity index is 1.55. The number of fused-ring (bicyclic) bond motifs is 1. The minimum absolute atomic E-state index is 0.286. The third-order valence-corrected chi connectivity index (χ3v) is 6.33. The lowest BCUT2D eigenvalue weighted by atomic mass is 10.1. The fourth-order valence-corrected chi connectivity index (χ4v) is 4.63. The standard InChI is InChI=1S/C27H27NO3S/c1-3-30-27(29)26-20(2)24-18-23(14-15-25(24)31-26)32-28(19-22-12-8-5-9-13-22)17-16-21-10-6-4-7-11-21/h4-15,18H,3,16-17,19H2,1-2H3. The summed E-state index contributed by atoms with van der Waals surface area (Å²) in [7, 11) is 0.